The molecule has 0 spiro atoms. The third kappa shape index (κ3) is 5.39. The first-order valence-electron chi connectivity index (χ1n) is 3.48. The number of carbonyl (C=O) groups is 2. The quantitative estimate of drug-likeness (QED) is 0.628. The number of hydrogen-bond acceptors (Lipinski definition) is 2. The first-order chi connectivity index (χ1) is 5.04. The van der Waals surface area contributed by atoms with Gasteiger partial charge in [-0.3, -0.25) is 9.59 Å². The van der Waals surface area contributed by atoms with Crippen molar-refractivity contribution in [3.8, 4) is 0 Å². The Labute approximate surface area is 64.8 Å². The lowest BCUT2D eigenvalue weighted by atomic mass is 10.1. The number of aliphatic carboxylic acids is 2. The standard InChI is InChI=1S/C7H12O4/c1-5(7(10)11)3-2-4-6(8)9/h5H,2-4H2,1H3,(H,8,9)(H,10,11). The van der Waals surface area contributed by atoms with Gasteiger partial charge in [0.2, 0.25) is 0 Å². The summed E-state index contributed by atoms with van der Waals surface area (Å²) < 4.78 is 0. The van der Waals surface area contributed by atoms with E-state index in [0.717, 1.165) is 0 Å². The third-order valence-electron chi connectivity index (χ3n) is 1.45. The van der Waals surface area contributed by atoms with Gasteiger partial charge in [0.15, 0.2) is 0 Å². The molecule has 64 valence electrons. The van der Waals surface area contributed by atoms with Gasteiger partial charge in [0.1, 0.15) is 0 Å². The van der Waals surface area contributed by atoms with Crippen LogP contribution in [0.5, 0.6) is 0 Å². The summed E-state index contributed by atoms with van der Waals surface area (Å²) in [5.41, 5.74) is 0. The van der Waals surface area contributed by atoms with E-state index < -0.39 is 17.9 Å². The third-order valence-corrected chi connectivity index (χ3v) is 1.45. The molecule has 0 aromatic carbocycles. The summed E-state index contributed by atoms with van der Waals surface area (Å²) in [4.78, 5) is 20.2. The van der Waals surface area contributed by atoms with Gasteiger partial charge < -0.3 is 10.2 Å². The van der Waals surface area contributed by atoms with Crippen LogP contribution in [0.25, 0.3) is 0 Å². The molecule has 0 saturated heterocycles. The fourth-order valence-corrected chi connectivity index (χ4v) is 0.683. The molecule has 0 aliphatic heterocycles. The van der Waals surface area contributed by atoms with Crippen LogP contribution in [0.2, 0.25) is 0 Å². The van der Waals surface area contributed by atoms with Crippen molar-refractivity contribution < 1.29 is 19.8 Å². The van der Waals surface area contributed by atoms with E-state index in [9.17, 15) is 9.59 Å². The zero-order valence-electron chi connectivity index (χ0n) is 6.41. The fourth-order valence-electron chi connectivity index (χ4n) is 0.683. The zero-order chi connectivity index (χ0) is 8.85. The molecule has 0 bridgehead atoms. The average molecular weight is 160 g/mol. The van der Waals surface area contributed by atoms with Crippen LogP contribution in [-0.4, -0.2) is 22.2 Å². The second-order valence-corrected chi connectivity index (χ2v) is 2.53. The summed E-state index contributed by atoms with van der Waals surface area (Å²) >= 11 is 0. The van der Waals surface area contributed by atoms with Gasteiger partial charge in [0, 0.05) is 6.42 Å². The summed E-state index contributed by atoms with van der Waals surface area (Å²) in [6.07, 6.45) is 0.919. The molecule has 0 aromatic rings. The molecule has 0 amide bonds. The van der Waals surface area contributed by atoms with E-state index in [1.165, 1.54) is 0 Å². The van der Waals surface area contributed by atoms with Crippen molar-refractivity contribution in [2.24, 2.45) is 5.92 Å². The van der Waals surface area contributed by atoms with Crippen LogP contribution in [0.15, 0.2) is 0 Å². The first-order valence-corrected chi connectivity index (χ1v) is 3.48. The fraction of sp³-hybridized carbons (Fsp3) is 0.714. The van der Waals surface area contributed by atoms with Gasteiger partial charge in [-0.05, 0) is 12.8 Å². The second kappa shape index (κ2) is 4.71. The SMILES string of the molecule is CC(CCCC(=O)O)C(=O)O. The summed E-state index contributed by atoms with van der Waals surface area (Å²) in [5.74, 6) is -2.17. The number of carboxylic acids is 2. The topological polar surface area (TPSA) is 74.6 Å². The Bertz CT molecular complexity index is 153. The molecule has 0 aliphatic carbocycles. The summed E-state index contributed by atoms with van der Waals surface area (Å²) in [7, 11) is 0. The summed E-state index contributed by atoms with van der Waals surface area (Å²) in [6.45, 7) is 1.57. The Morgan fingerprint density at radius 3 is 2.27 bits per heavy atom. The van der Waals surface area contributed by atoms with Gasteiger partial charge >= 0.3 is 11.9 Å². The molecule has 1 atom stereocenters. The smallest absolute Gasteiger partial charge is 0.306 e. The zero-order valence-corrected chi connectivity index (χ0v) is 6.41. The number of carboxylic acid groups (broad SMARTS) is 2. The van der Waals surface area contributed by atoms with Crippen LogP contribution >= 0.6 is 0 Å². The lowest BCUT2D eigenvalue weighted by Gasteiger charge is -2.02. The molecule has 0 radical (unpaired) electrons. The van der Waals surface area contributed by atoms with Gasteiger partial charge in [-0.15, -0.1) is 0 Å². The highest BCUT2D eigenvalue weighted by molar-refractivity contribution is 5.69. The van der Waals surface area contributed by atoms with E-state index in [2.05, 4.69) is 0 Å². The molecular weight excluding hydrogens is 148 g/mol. The van der Waals surface area contributed by atoms with Crippen molar-refractivity contribution in [1.29, 1.82) is 0 Å². The van der Waals surface area contributed by atoms with Crippen LogP contribution in [0.4, 0.5) is 0 Å². The summed E-state index contributed by atoms with van der Waals surface area (Å²) in [6, 6.07) is 0. The van der Waals surface area contributed by atoms with Crippen LogP contribution in [0.3, 0.4) is 0 Å². The maximum Gasteiger partial charge on any atom is 0.306 e. The van der Waals surface area contributed by atoms with Gasteiger partial charge in [0.25, 0.3) is 0 Å². The van der Waals surface area contributed by atoms with Gasteiger partial charge in [-0.1, -0.05) is 6.92 Å². The maximum atomic E-state index is 10.2. The van der Waals surface area contributed by atoms with E-state index in [1.54, 1.807) is 6.92 Å². The Balaban J connectivity index is 3.39. The molecule has 0 aliphatic rings. The van der Waals surface area contributed by atoms with Crippen LogP contribution in [0.1, 0.15) is 26.2 Å². The first kappa shape index (κ1) is 9.94. The summed E-state index contributed by atoms with van der Waals surface area (Å²) in [5, 5.41) is 16.6. The predicted molar refractivity (Wildman–Crippen MR) is 38.3 cm³/mol. The lowest BCUT2D eigenvalue weighted by molar-refractivity contribution is -0.142. The molecule has 4 nitrogen and oxygen atoms in total. The average Bonchev–Trinajstić information content (AvgIpc) is 1.86. The van der Waals surface area contributed by atoms with E-state index >= 15 is 0 Å². The minimum atomic E-state index is -0.873. The molecule has 0 heterocycles. The van der Waals surface area contributed by atoms with Crippen LogP contribution in [0, 0.1) is 5.92 Å². The molecule has 0 fully saturated rings. The lowest BCUT2D eigenvalue weighted by Crippen LogP contribution is -2.09. The predicted octanol–water partition coefficient (Wildman–Crippen LogP) is 0.962. The largest absolute Gasteiger partial charge is 0.481 e. The molecule has 1 unspecified atom stereocenters. The molecule has 2 N–H and O–H groups in total. The Morgan fingerprint density at radius 2 is 1.91 bits per heavy atom. The number of rotatable bonds is 5. The molecule has 4 heteroatoms. The monoisotopic (exact) mass is 160 g/mol. The van der Waals surface area contributed by atoms with Gasteiger partial charge in [0.05, 0.1) is 5.92 Å². The molecular formula is C7H12O4. The highest BCUT2D eigenvalue weighted by Crippen LogP contribution is 2.07. The van der Waals surface area contributed by atoms with E-state index in [0.29, 0.717) is 12.8 Å². The Morgan fingerprint density at radius 1 is 1.36 bits per heavy atom. The Hall–Kier alpha value is -1.06. The number of hydrogen-bond donors (Lipinski definition) is 2. The second-order valence-electron chi connectivity index (χ2n) is 2.53. The minimum absolute atomic E-state index is 0.0532. The minimum Gasteiger partial charge on any atom is -0.481 e. The van der Waals surface area contributed by atoms with Crippen molar-refractivity contribution in [1.82, 2.24) is 0 Å². The van der Waals surface area contributed by atoms with Gasteiger partial charge in [-0.25, -0.2) is 0 Å². The molecule has 11 heavy (non-hydrogen) atoms. The van der Waals surface area contributed by atoms with Crippen LogP contribution < -0.4 is 0 Å². The van der Waals surface area contributed by atoms with Crippen LogP contribution in [-0.2, 0) is 9.59 Å². The molecule has 0 rings (SSSR count). The van der Waals surface area contributed by atoms with E-state index in [1.807, 2.05) is 0 Å². The normalized spacial score (nSPS) is 12.5. The highest BCUT2D eigenvalue weighted by atomic mass is 16.4. The van der Waals surface area contributed by atoms with Gasteiger partial charge in [-0.2, -0.15) is 0 Å². The van der Waals surface area contributed by atoms with E-state index in [4.69, 9.17) is 10.2 Å². The van der Waals surface area contributed by atoms with Crippen molar-refractivity contribution in [3.63, 3.8) is 0 Å². The van der Waals surface area contributed by atoms with Crippen molar-refractivity contribution in [3.05, 3.63) is 0 Å². The van der Waals surface area contributed by atoms with Crippen molar-refractivity contribution in [2.75, 3.05) is 0 Å². The highest BCUT2D eigenvalue weighted by Gasteiger charge is 2.10. The Kier molecular flexibility index (Phi) is 4.26. The maximum absolute atomic E-state index is 10.2. The van der Waals surface area contributed by atoms with Crippen molar-refractivity contribution in [2.45, 2.75) is 26.2 Å². The van der Waals surface area contributed by atoms with E-state index in [-0.39, 0.29) is 6.42 Å². The van der Waals surface area contributed by atoms with Crippen molar-refractivity contribution >= 4 is 11.9 Å². The molecule has 0 saturated carbocycles. The molecule has 0 aromatic heterocycles.